The van der Waals surface area contributed by atoms with Gasteiger partial charge in [0.25, 0.3) is 0 Å². The Hall–Kier alpha value is -1.97. The molecule has 2 rings (SSSR count). The van der Waals surface area contributed by atoms with Crippen molar-refractivity contribution in [3.8, 4) is 11.4 Å². The van der Waals surface area contributed by atoms with E-state index in [-0.39, 0.29) is 0 Å². The summed E-state index contributed by atoms with van der Waals surface area (Å²) in [5.74, 6) is 1.59. The largest absolute Gasteiger partial charge is 0.373 e. The molecule has 1 N–H and O–H groups in total. The minimum atomic E-state index is 0.734. The first kappa shape index (κ1) is 12.5. The van der Waals surface area contributed by atoms with Crippen LogP contribution in [0.3, 0.4) is 0 Å². The Morgan fingerprint density at radius 1 is 1.22 bits per heavy atom. The molecule has 2 heterocycles. The fraction of sp³-hybridized carbons (Fsp3) is 0.357. The van der Waals surface area contributed by atoms with E-state index in [0.717, 1.165) is 41.4 Å². The molecule has 94 valence electrons. The van der Waals surface area contributed by atoms with Gasteiger partial charge in [0.2, 0.25) is 0 Å². The van der Waals surface area contributed by atoms with Crippen LogP contribution in [0.2, 0.25) is 0 Å². The molecule has 0 saturated heterocycles. The maximum atomic E-state index is 4.58. The van der Waals surface area contributed by atoms with E-state index in [0.29, 0.717) is 0 Å². The lowest BCUT2D eigenvalue weighted by molar-refractivity contribution is 0.875. The van der Waals surface area contributed by atoms with Crippen molar-refractivity contribution in [2.24, 2.45) is 0 Å². The third kappa shape index (κ3) is 2.83. The zero-order valence-electron chi connectivity index (χ0n) is 11.1. The monoisotopic (exact) mass is 242 g/mol. The average Bonchev–Trinajstić information content (AvgIpc) is 2.39. The summed E-state index contributed by atoms with van der Waals surface area (Å²) >= 11 is 0. The first-order valence-corrected chi connectivity index (χ1v) is 6.21. The molecule has 2 aromatic rings. The summed E-state index contributed by atoms with van der Waals surface area (Å²) < 4.78 is 0. The van der Waals surface area contributed by atoms with E-state index in [1.165, 1.54) is 0 Å². The molecule has 0 unspecified atom stereocenters. The van der Waals surface area contributed by atoms with Gasteiger partial charge >= 0.3 is 0 Å². The van der Waals surface area contributed by atoms with Crippen molar-refractivity contribution < 1.29 is 0 Å². The molecule has 4 nitrogen and oxygen atoms in total. The Morgan fingerprint density at radius 3 is 2.67 bits per heavy atom. The van der Waals surface area contributed by atoms with E-state index in [4.69, 9.17) is 0 Å². The SMILES string of the molecule is CCCc1cc(NC)nc(-c2ccc(C)nc2)n1. The molecule has 0 aromatic carbocycles. The van der Waals surface area contributed by atoms with Crippen LogP contribution in [-0.2, 0) is 6.42 Å². The highest BCUT2D eigenvalue weighted by Gasteiger charge is 2.06. The number of hydrogen-bond donors (Lipinski definition) is 1. The van der Waals surface area contributed by atoms with Crippen molar-refractivity contribution in [2.75, 3.05) is 12.4 Å². The van der Waals surface area contributed by atoms with Gasteiger partial charge in [0.1, 0.15) is 5.82 Å². The number of hydrogen-bond acceptors (Lipinski definition) is 4. The highest BCUT2D eigenvalue weighted by molar-refractivity contribution is 5.56. The van der Waals surface area contributed by atoms with Gasteiger partial charge in [-0.1, -0.05) is 13.3 Å². The first-order chi connectivity index (χ1) is 8.72. The molecule has 0 atom stereocenters. The van der Waals surface area contributed by atoms with E-state index in [9.17, 15) is 0 Å². The Kier molecular flexibility index (Phi) is 3.87. The van der Waals surface area contributed by atoms with Crippen molar-refractivity contribution in [1.82, 2.24) is 15.0 Å². The molecule has 0 aliphatic rings. The van der Waals surface area contributed by atoms with E-state index in [1.807, 2.05) is 38.4 Å². The predicted molar refractivity (Wildman–Crippen MR) is 73.5 cm³/mol. The number of aromatic nitrogens is 3. The van der Waals surface area contributed by atoms with Gasteiger partial charge in [-0.3, -0.25) is 4.98 Å². The smallest absolute Gasteiger partial charge is 0.163 e. The third-order valence-corrected chi connectivity index (χ3v) is 2.71. The molecular formula is C14H18N4. The van der Waals surface area contributed by atoms with Gasteiger partial charge in [-0.25, -0.2) is 9.97 Å². The second-order valence-electron chi connectivity index (χ2n) is 4.26. The van der Waals surface area contributed by atoms with Gasteiger partial charge < -0.3 is 5.32 Å². The van der Waals surface area contributed by atoms with E-state index in [1.54, 1.807) is 0 Å². The normalized spacial score (nSPS) is 10.4. The summed E-state index contributed by atoms with van der Waals surface area (Å²) in [4.78, 5) is 13.3. The Morgan fingerprint density at radius 2 is 2.06 bits per heavy atom. The van der Waals surface area contributed by atoms with Crippen LogP contribution in [0.5, 0.6) is 0 Å². The van der Waals surface area contributed by atoms with Crippen LogP contribution in [-0.4, -0.2) is 22.0 Å². The van der Waals surface area contributed by atoms with Crippen molar-refractivity contribution in [1.29, 1.82) is 0 Å². The predicted octanol–water partition coefficient (Wildman–Crippen LogP) is 2.84. The van der Waals surface area contributed by atoms with Gasteiger partial charge in [0, 0.05) is 36.3 Å². The van der Waals surface area contributed by atoms with E-state index in [2.05, 4.69) is 27.2 Å². The molecule has 0 radical (unpaired) electrons. The lowest BCUT2D eigenvalue weighted by Gasteiger charge is -2.07. The molecular weight excluding hydrogens is 224 g/mol. The van der Waals surface area contributed by atoms with Crippen LogP contribution < -0.4 is 5.32 Å². The third-order valence-electron chi connectivity index (χ3n) is 2.71. The minimum absolute atomic E-state index is 0.734. The summed E-state index contributed by atoms with van der Waals surface area (Å²) in [6.07, 6.45) is 3.86. The maximum Gasteiger partial charge on any atom is 0.163 e. The molecule has 0 spiro atoms. The second kappa shape index (κ2) is 5.58. The van der Waals surface area contributed by atoms with Crippen molar-refractivity contribution in [3.05, 3.63) is 35.8 Å². The lowest BCUT2D eigenvalue weighted by Crippen LogP contribution is -2.01. The molecule has 4 heteroatoms. The Labute approximate surface area is 108 Å². The average molecular weight is 242 g/mol. The number of nitrogens with one attached hydrogen (secondary N) is 1. The van der Waals surface area contributed by atoms with E-state index < -0.39 is 0 Å². The molecule has 0 saturated carbocycles. The number of aryl methyl sites for hydroxylation is 2. The summed E-state index contributed by atoms with van der Waals surface area (Å²) in [5.41, 5.74) is 3.01. The maximum absolute atomic E-state index is 4.58. The fourth-order valence-electron chi connectivity index (χ4n) is 1.74. The number of pyridine rings is 1. The summed E-state index contributed by atoms with van der Waals surface area (Å²) in [6, 6.07) is 5.98. The number of nitrogens with zero attached hydrogens (tertiary/aromatic N) is 3. The minimum Gasteiger partial charge on any atom is -0.373 e. The lowest BCUT2D eigenvalue weighted by atomic mass is 10.2. The first-order valence-electron chi connectivity index (χ1n) is 6.21. The highest BCUT2D eigenvalue weighted by atomic mass is 15.0. The Bertz CT molecular complexity index is 520. The quantitative estimate of drug-likeness (QED) is 0.895. The van der Waals surface area contributed by atoms with Crippen molar-refractivity contribution >= 4 is 5.82 Å². The topological polar surface area (TPSA) is 50.7 Å². The number of anilines is 1. The van der Waals surface area contributed by atoms with Gasteiger partial charge in [-0.15, -0.1) is 0 Å². The standard InChI is InChI=1S/C14H18N4/c1-4-5-12-8-13(15-3)18-14(17-12)11-7-6-10(2)16-9-11/h6-9H,4-5H2,1-3H3,(H,15,17,18). The van der Waals surface area contributed by atoms with Crippen LogP contribution in [0, 0.1) is 6.92 Å². The van der Waals surface area contributed by atoms with Crippen LogP contribution in [0.25, 0.3) is 11.4 Å². The zero-order valence-corrected chi connectivity index (χ0v) is 11.1. The summed E-state index contributed by atoms with van der Waals surface area (Å²) in [5, 5.41) is 3.08. The van der Waals surface area contributed by atoms with Crippen molar-refractivity contribution in [3.63, 3.8) is 0 Å². The number of rotatable bonds is 4. The summed E-state index contributed by atoms with van der Waals surface area (Å²) in [6.45, 7) is 4.12. The molecule has 0 fully saturated rings. The molecule has 0 amide bonds. The molecule has 0 bridgehead atoms. The Balaban J connectivity index is 2.42. The zero-order chi connectivity index (χ0) is 13.0. The van der Waals surface area contributed by atoms with Gasteiger partial charge in [-0.05, 0) is 25.5 Å². The van der Waals surface area contributed by atoms with Gasteiger partial charge in [0.05, 0.1) is 0 Å². The molecule has 18 heavy (non-hydrogen) atoms. The van der Waals surface area contributed by atoms with Crippen molar-refractivity contribution in [2.45, 2.75) is 26.7 Å². The fourth-order valence-corrected chi connectivity index (χ4v) is 1.74. The highest BCUT2D eigenvalue weighted by Crippen LogP contribution is 2.18. The second-order valence-corrected chi connectivity index (χ2v) is 4.26. The van der Waals surface area contributed by atoms with Gasteiger partial charge in [-0.2, -0.15) is 0 Å². The van der Waals surface area contributed by atoms with E-state index >= 15 is 0 Å². The van der Waals surface area contributed by atoms with Crippen LogP contribution in [0.1, 0.15) is 24.7 Å². The van der Waals surface area contributed by atoms with Crippen LogP contribution in [0.15, 0.2) is 24.4 Å². The van der Waals surface area contributed by atoms with Crippen LogP contribution in [0.4, 0.5) is 5.82 Å². The molecule has 0 aliphatic carbocycles. The molecule has 0 aliphatic heterocycles. The summed E-state index contributed by atoms with van der Waals surface area (Å²) in [7, 11) is 1.87. The van der Waals surface area contributed by atoms with Crippen LogP contribution >= 0.6 is 0 Å². The molecule has 2 aromatic heterocycles. The van der Waals surface area contributed by atoms with Gasteiger partial charge in [0.15, 0.2) is 5.82 Å².